The number of Topliss-reactive ketones (excluding diaryl/α,β-unsaturated/α-hetero) is 1. The van der Waals surface area contributed by atoms with Crippen molar-refractivity contribution in [2.24, 2.45) is 11.8 Å². The summed E-state index contributed by atoms with van der Waals surface area (Å²) in [4.78, 5) is 12.1. The van der Waals surface area contributed by atoms with Gasteiger partial charge in [-0.05, 0) is 51.9 Å². The lowest BCUT2D eigenvalue weighted by atomic mass is 9.88. The quantitative estimate of drug-likeness (QED) is 0.693. The normalized spacial score (nSPS) is 29.0. The number of ketones is 1. The lowest BCUT2D eigenvalue weighted by Gasteiger charge is -2.21. The van der Waals surface area contributed by atoms with Crippen molar-refractivity contribution in [2.75, 3.05) is 0 Å². The Balaban J connectivity index is 2.99. The SMILES string of the molecule is CC1=CCCC(C)(O)C=CC(C(C)C)CC=C(C)CC(=O)C1. The molecule has 2 nitrogen and oxygen atoms in total. The maximum Gasteiger partial charge on any atom is 0.140 e. The molecule has 1 rings (SSSR count). The van der Waals surface area contributed by atoms with Crippen LogP contribution < -0.4 is 0 Å². The van der Waals surface area contributed by atoms with E-state index >= 15 is 0 Å². The molecule has 2 atom stereocenters. The molecular formula is C20H32O2. The lowest BCUT2D eigenvalue weighted by molar-refractivity contribution is -0.117. The van der Waals surface area contributed by atoms with Gasteiger partial charge in [-0.3, -0.25) is 4.79 Å². The summed E-state index contributed by atoms with van der Waals surface area (Å²) in [5.74, 6) is 1.20. The Labute approximate surface area is 136 Å². The molecule has 22 heavy (non-hydrogen) atoms. The van der Waals surface area contributed by atoms with Crippen molar-refractivity contribution in [3.63, 3.8) is 0 Å². The largest absolute Gasteiger partial charge is 0.386 e. The van der Waals surface area contributed by atoms with Crippen LogP contribution in [0.15, 0.2) is 35.5 Å². The zero-order valence-electron chi connectivity index (χ0n) is 14.9. The van der Waals surface area contributed by atoms with E-state index in [1.807, 2.05) is 26.8 Å². The van der Waals surface area contributed by atoms with E-state index in [0.29, 0.717) is 31.1 Å². The fourth-order valence-corrected chi connectivity index (χ4v) is 2.76. The first-order chi connectivity index (χ1) is 10.2. The second-order valence-corrected chi connectivity index (χ2v) is 7.39. The number of allylic oxidation sites excluding steroid dienone is 5. The van der Waals surface area contributed by atoms with Crippen molar-refractivity contribution in [3.05, 3.63) is 35.5 Å². The van der Waals surface area contributed by atoms with Gasteiger partial charge in [-0.15, -0.1) is 0 Å². The Morgan fingerprint density at radius 3 is 2.36 bits per heavy atom. The van der Waals surface area contributed by atoms with Gasteiger partial charge in [0, 0.05) is 12.8 Å². The highest BCUT2D eigenvalue weighted by atomic mass is 16.3. The van der Waals surface area contributed by atoms with Gasteiger partial charge in [-0.1, -0.05) is 49.3 Å². The zero-order chi connectivity index (χ0) is 16.8. The van der Waals surface area contributed by atoms with Crippen molar-refractivity contribution in [2.45, 2.75) is 72.3 Å². The van der Waals surface area contributed by atoms with Crippen molar-refractivity contribution in [3.8, 4) is 0 Å². The van der Waals surface area contributed by atoms with Gasteiger partial charge in [-0.2, -0.15) is 0 Å². The zero-order valence-corrected chi connectivity index (χ0v) is 14.9. The average Bonchev–Trinajstić information content (AvgIpc) is 2.36. The molecule has 0 radical (unpaired) electrons. The molecule has 124 valence electrons. The number of carbonyl (C=O) groups is 1. The minimum absolute atomic E-state index is 0.281. The standard InChI is InChI=1S/C20H32O2/c1-15(2)18-9-8-17(4)14-19(21)13-16(3)7-6-11-20(5,22)12-10-18/h7-8,10,12,15,18,22H,6,9,11,13-14H2,1-5H3. The molecule has 0 saturated carbocycles. The monoisotopic (exact) mass is 304 g/mol. The fraction of sp³-hybridized carbons (Fsp3) is 0.650. The highest BCUT2D eigenvalue weighted by molar-refractivity contribution is 5.82. The van der Waals surface area contributed by atoms with Crippen molar-refractivity contribution in [1.82, 2.24) is 0 Å². The van der Waals surface area contributed by atoms with E-state index in [1.54, 1.807) is 0 Å². The smallest absolute Gasteiger partial charge is 0.140 e. The third-order valence-electron chi connectivity index (χ3n) is 4.39. The van der Waals surface area contributed by atoms with Gasteiger partial charge in [0.1, 0.15) is 5.78 Å². The van der Waals surface area contributed by atoms with E-state index in [9.17, 15) is 9.90 Å². The number of rotatable bonds is 1. The topological polar surface area (TPSA) is 37.3 Å². The summed E-state index contributed by atoms with van der Waals surface area (Å²) >= 11 is 0. The first-order valence-electron chi connectivity index (χ1n) is 8.44. The summed E-state index contributed by atoms with van der Waals surface area (Å²) in [6.45, 7) is 10.3. The number of carbonyl (C=O) groups excluding carboxylic acids is 1. The molecular weight excluding hydrogens is 272 g/mol. The van der Waals surface area contributed by atoms with Crippen LogP contribution in [-0.4, -0.2) is 16.5 Å². The van der Waals surface area contributed by atoms with Crippen LogP contribution in [0.5, 0.6) is 0 Å². The van der Waals surface area contributed by atoms with E-state index in [0.717, 1.165) is 24.0 Å². The summed E-state index contributed by atoms with van der Waals surface area (Å²) in [6, 6.07) is 0. The van der Waals surface area contributed by atoms with Gasteiger partial charge in [0.15, 0.2) is 0 Å². The Hall–Kier alpha value is -1.15. The van der Waals surface area contributed by atoms with Crippen LogP contribution in [0, 0.1) is 11.8 Å². The molecule has 1 aliphatic rings. The minimum atomic E-state index is -0.781. The third kappa shape index (κ3) is 7.22. The predicted molar refractivity (Wildman–Crippen MR) is 93.7 cm³/mol. The highest BCUT2D eigenvalue weighted by Crippen LogP contribution is 2.23. The van der Waals surface area contributed by atoms with Crippen LogP contribution in [0.4, 0.5) is 0 Å². The van der Waals surface area contributed by atoms with Crippen molar-refractivity contribution < 1.29 is 9.90 Å². The molecule has 2 unspecified atom stereocenters. The predicted octanol–water partition coefficient (Wildman–Crippen LogP) is 4.99. The van der Waals surface area contributed by atoms with Gasteiger partial charge in [0.05, 0.1) is 5.60 Å². The molecule has 0 amide bonds. The number of hydrogen-bond donors (Lipinski definition) is 1. The van der Waals surface area contributed by atoms with E-state index in [4.69, 9.17) is 0 Å². The molecule has 2 heteroatoms. The van der Waals surface area contributed by atoms with Gasteiger partial charge in [0.25, 0.3) is 0 Å². The van der Waals surface area contributed by atoms with E-state index in [2.05, 4.69) is 32.1 Å². The van der Waals surface area contributed by atoms with Crippen LogP contribution in [0.3, 0.4) is 0 Å². The number of hydrogen-bond acceptors (Lipinski definition) is 2. The molecule has 0 aromatic carbocycles. The van der Waals surface area contributed by atoms with Gasteiger partial charge < -0.3 is 5.11 Å². The lowest BCUT2D eigenvalue weighted by Crippen LogP contribution is -2.21. The Morgan fingerprint density at radius 1 is 1.18 bits per heavy atom. The first kappa shape index (κ1) is 18.9. The molecule has 0 saturated heterocycles. The van der Waals surface area contributed by atoms with Crippen molar-refractivity contribution in [1.29, 1.82) is 0 Å². The Kier molecular flexibility index (Phi) is 7.28. The molecule has 0 aliphatic heterocycles. The Morgan fingerprint density at radius 2 is 1.77 bits per heavy atom. The Bertz CT molecular complexity index is 464. The second kappa shape index (κ2) is 8.47. The van der Waals surface area contributed by atoms with Crippen molar-refractivity contribution >= 4 is 5.78 Å². The van der Waals surface area contributed by atoms with E-state index in [-0.39, 0.29) is 5.78 Å². The molecule has 0 spiro atoms. The second-order valence-electron chi connectivity index (χ2n) is 7.39. The summed E-state index contributed by atoms with van der Waals surface area (Å²) in [5, 5.41) is 10.5. The van der Waals surface area contributed by atoms with Crippen LogP contribution in [0.2, 0.25) is 0 Å². The average molecular weight is 304 g/mol. The molecule has 0 heterocycles. The molecule has 1 N–H and O–H groups in total. The third-order valence-corrected chi connectivity index (χ3v) is 4.39. The van der Waals surface area contributed by atoms with Crippen LogP contribution in [0.1, 0.15) is 66.7 Å². The molecule has 1 aliphatic carbocycles. The van der Waals surface area contributed by atoms with Gasteiger partial charge in [0.2, 0.25) is 0 Å². The summed E-state index contributed by atoms with van der Waals surface area (Å²) < 4.78 is 0. The highest BCUT2D eigenvalue weighted by Gasteiger charge is 2.18. The van der Waals surface area contributed by atoms with E-state index in [1.165, 1.54) is 0 Å². The van der Waals surface area contributed by atoms with Gasteiger partial charge in [-0.25, -0.2) is 0 Å². The summed E-state index contributed by atoms with van der Waals surface area (Å²) in [6.07, 6.45) is 11.9. The molecule has 0 bridgehead atoms. The number of aliphatic hydroxyl groups is 1. The molecule has 0 aromatic rings. The van der Waals surface area contributed by atoms with Gasteiger partial charge >= 0.3 is 0 Å². The molecule has 0 fully saturated rings. The summed E-state index contributed by atoms with van der Waals surface area (Å²) in [7, 11) is 0. The minimum Gasteiger partial charge on any atom is -0.386 e. The molecule has 0 aromatic heterocycles. The maximum atomic E-state index is 12.1. The summed E-state index contributed by atoms with van der Waals surface area (Å²) in [5.41, 5.74) is 1.48. The van der Waals surface area contributed by atoms with Crippen LogP contribution in [-0.2, 0) is 4.79 Å². The fourth-order valence-electron chi connectivity index (χ4n) is 2.76. The maximum absolute atomic E-state index is 12.1. The first-order valence-corrected chi connectivity index (χ1v) is 8.44. The van der Waals surface area contributed by atoms with E-state index < -0.39 is 5.60 Å². The van der Waals surface area contributed by atoms with Crippen LogP contribution in [0.25, 0.3) is 0 Å². The van der Waals surface area contributed by atoms with Crippen LogP contribution >= 0.6 is 0 Å².